The van der Waals surface area contributed by atoms with Crippen molar-refractivity contribution in [3.05, 3.63) is 58.7 Å². The molecule has 0 saturated carbocycles. The number of carbonyl (C=O) groups is 4. The monoisotopic (exact) mass is 864 g/mol. The molecule has 32 heteroatoms. The van der Waals surface area contributed by atoms with Crippen molar-refractivity contribution in [2.75, 3.05) is 13.1 Å². The number of carboxylic acid groups (broad SMARTS) is 2. The molecule has 4 N–H and O–H groups in total. The number of urea groups is 2. The summed E-state index contributed by atoms with van der Waals surface area (Å²) >= 11 is 0. The summed E-state index contributed by atoms with van der Waals surface area (Å²) < 4.78 is 141. The molecule has 4 bridgehead atoms. The molecule has 2 aromatic rings. The van der Waals surface area contributed by atoms with E-state index in [4.69, 9.17) is 18.2 Å². The summed E-state index contributed by atoms with van der Waals surface area (Å²) in [6.45, 7) is -0.877. The van der Waals surface area contributed by atoms with Crippen LogP contribution >= 0.6 is 0 Å². The Kier molecular flexibility index (Phi) is 13.4. The summed E-state index contributed by atoms with van der Waals surface area (Å²) in [6, 6.07) is -1.67. The summed E-state index contributed by atoms with van der Waals surface area (Å²) in [5.74, 6) is -4.59. The minimum absolute atomic E-state index is 0. The van der Waals surface area contributed by atoms with E-state index < -0.39 is 114 Å². The second-order valence-electron chi connectivity index (χ2n) is 10.5. The van der Waals surface area contributed by atoms with Crippen LogP contribution in [0.4, 0.5) is 9.59 Å². The molecular weight excluding hydrogens is 846 g/mol. The van der Waals surface area contributed by atoms with Gasteiger partial charge in [-0.05, 0) is 23.3 Å². The van der Waals surface area contributed by atoms with Crippen LogP contribution in [0.2, 0.25) is 0 Å². The van der Waals surface area contributed by atoms with Crippen LogP contribution in [0.1, 0.15) is 46.4 Å². The summed E-state index contributed by atoms with van der Waals surface area (Å²) in [7, 11) is -20.4. The maximum atomic E-state index is 12.3. The van der Waals surface area contributed by atoms with Crippen LogP contribution in [0.5, 0.6) is 11.5 Å². The van der Waals surface area contributed by atoms with E-state index in [0.29, 0.717) is 9.80 Å². The number of carboxylic acids is 2. The molecule has 2 aromatic carbocycles. The van der Waals surface area contributed by atoms with Crippen molar-refractivity contribution in [3.8, 4) is 11.5 Å². The Morgan fingerprint density at radius 2 is 0.907 bits per heavy atom. The van der Waals surface area contributed by atoms with Gasteiger partial charge in [0.05, 0.1) is 37.1 Å². The normalized spacial score (nSPS) is 21.5. The quantitative estimate of drug-likeness (QED) is 0.127. The molecule has 0 unspecified atom stereocenters. The number of benzene rings is 2. The number of hydrogen-bond donors (Lipinski definition) is 4. The first-order chi connectivity index (χ1) is 23.8. The summed E-state index contributed by atoms with van der Waals surface area (Å²) in [5.41, 5.74) is -0.774. The average Bonchev–Trinajstić information content (AvgIpc) is 3.36. The largest absolute Gasteiger partial charge is 1.00 e. The van der Waals surface area contributed by atoms with Gasteiger partial charge in [-0.2, -0.15) is 43.8 Å². The van der Waals surface area contributed by atoms with Crippen LogP contribution in [-0.4, -0.2) is 109 Å². The number of amides is 4. The van der Waals surface area contributed by atoms with Gasteiger partial charge < -0.3 is 38.0 Å². The zero-order chi connectivity index (χ0) is 38.9. The molecule has 4 aliphatic heterocycles. The van der Waals surface area contributed by atoms with Gasteiger partial charge in [0.25, 0.3) is 0 Å². The van der Waals surface area contributed by atoms with Gasteiger partial charge in [0.1, 0.15) is 12.1 Å². The zero-order valence-corrected chi connectivity index (χ0v) is 34.0. The van der Waals surface area contributed by atoms with E-state index in [1.165, 1.54) is 24.3 Å². The third kappa shape index (κ3) is 9.54. The topological polar surface area (TPSA) is 382 Å². The van der Waals surface area contributed by atoms with Crippen molar-refractivity contribution in [1.82, 2.24) is 19.9 Å². The Bertz CT molecular complexity index is 2180. The number of hydrogen-bond acceptors (Lipinski definition) is 18. The predicted molar refractivity (Wildman–Crippen MR) is 151 cm³/mol. The molecular formula is C22H18N4Na2O22S4. The molecule has 4 heterocycles. The summed E-state index contributed by atoms with van der Waals surface area (Å²) in [6.07, 6.45) is 0. The molecule has 26 nitrogen and oxygen atoms in total. The van der Waals surface area contributed by atoms with Gasteiger partial charge in [-0.15, -0.1) is 8.57 Å². The smallest absolute Gasteiger partial charge is 0.548 e. The van der Waals surface area contributed by atoms with Crippen molar-refractivity contribution < 1.29 is 157 Å². The van der Waals surface area contributed by atoms with Gasteiger partial charge >= 0.3 is 113 Å². The molecule has 2 fully saturated rings. The first-order valence-electron chi connectivity index (χ1n) is 13.3. The third-order valence-electron chi connectivity index (χ3n) is 7.44. The molecule has 0 aromatic heterocycles. The Morgan fingerprint density at radius 3 is 1.17 bits per heavy atom. The molecule has 0 radical (unpaired) electrons. The molecule has 54 heavy (non-hydrogen) atoms. The van der Waals surface area contributed by atoms with Crippen LogP contribution in [0.15, 0.2) is 36.4 Å². The zero-order valence-electron chi connectivity index (χ0n) is 26.7. The first kappa shape index (κ1) is 45.5. The van der Waals surface area contributed by atoms with Gasteiger partial charge in [-0.1, -0.05) is 24.3 Å². The number of fused-ring (bicyclic) bond motifs is 8. The van der Waals surface area contributed by atoms with Crippen molar-refractivity contribution in [1.29, 1.82) is 0 Å². The Labute approximate surface area is 347 Å². The van der Waals surface area contributed by atoms with Crippen molar-refractivity contribution in [3.63, 3.8) is 0 Å². The van der Waals surface area contributed by atoms with Crippen molar-refractivity contribution in [2.24, 2.45) is 0 Å². The van der Waals surface area contributed by atoms with E-state index in [1.54, 1.807) is 0 Å². The number of rotatable bonds is 10. The molecule has 4 atom stereocenters. The number of nitrogens with zero attached hydrogens (tertiary/aromatic N) is 4. The van der Waals surface area contributed by atoms with Gasteiger partial charge in [0.2, 0.25) is 0 Å². The van der Waals surface area contributed by atoms with E-state index in [9.17, 15) is 63.1 Å². The van der Waals surface area contributed by atoms with Crippen LogP contribution in [-0.2, 0) is 59.8 Å². The average molecular weight is 865 g/mol. The fourth-order valence-corrected chi connectivity index (χ4v) is 7.43. The molecule has 0 spiro atoms. The van der Waals surface area contributed by atoms with Crippen LogP contribution in [0, 0.1) is 0 Å². The first-order valence-corrected chi connectivity index (χ1v) is 18.8. The third-order valence-corrected chi connectivity index (χ3v) is 8.92. The fourth-order valence-electron chi connectivity index (χ4n) is 5.94. The van der Waals surface area contributed by atoms with E-state index in [1.807, 2.05) is 0 Å². The van der Waals surface area contributed by atoms with E-state index in [2.05, 4.69) is 16.9 Å². The van der Waals surface area contributed by atoms with Crippen molar-refractivity contribution >= 4 is 65.6 Å². The maximum Gasteiger partial charge on any atom is 1.00 e. The Balaban J connectivity index is 0.000000280. The summed E-state index contributed by atoms with van der Waals surface area (Å²) in [4.78, 5) is 49.0. The second kappa shape index (κ2) is 15.9. The maximum absolute atomic E-state index is 12.3. The minimum atomic E-state index is -5.16. The molecule has 6 rings (SSSR count). The van der Waals surface area contributed by atoms with Crippen LogP contribution in [0.25, 0.3) is 0 Å². The van der Waals surface area contributed by atoms with Crippen LogP contribution < -0.4 is 77.7 Å². The van der Waals surface area contributed by atoms with E-state index in [0.717, 1.165) is 12.1 Å². The van der Waals surface area contributed by atoms with E-state index in [-0.39, 0.29) is 91.5 Å². The van der Waals surface area contributed by atoms with Gasteiger partial charge in [-0.25, -0.2) is 9.59 Å². The molecule has 2 saturated heterocycles. The number of carbonyl (C=O) groups excluding carboxylic acids is 4. The molecule has 0 aliphatic carbocycles. The van der Waals surface area contributed by atoms with Gasteiger partial charge in [-0.3, -0.25) is 18.2 Å². The summed E-state index contributed by atoms with van der Waals surface area (Å²) in [5, 5.41) is 23.3. The number of aliphatic carboxylic acids is 2. The Morgan fingerprint density at radius 1 is 0.593 bits per heavy atom. The van der Waals surface area contributed by atoms with Crippen LogP contribution in [0.3, 0.4) is 0 Å². The molecule has 4 aliphatic rings. The Hall–Kier alpha value is -2.92. The SMILES string of the molecule is O=C([O-])[C@H]1c2cccc(OS(=O)(=O)O)c2[C@@H]2CN1C(=O)N2OS(=O)(=O)O.O=C([O-])[C@H]1c2cccc(OS(=O)(=O)O)c2[C@@H]2CN1C(=O)N2OS(=O)(=O)O.[Na+].[Na+]. The van der Waals surface area contributed by atoms with E-state index >= 15 is 0 Å². The van der Waals surface area contributed by atoms with Gasteiger partial charge in [0.15, 0.2) is 11.5 Å². The fraction of sp³-hybridized carbons (Fsp3) is 0.273. The molecule has 284 valence electrons. The second-order valence-corrected chi connectivity index (χ2v) is 14.6. The number of hydroxylamine groups is 4. The molecule has 4 amide bonds. The standard InChI is InChI=1S/2C11H10N2O11S2.2Na/c2*14-10(15)9-5-2-1-3-7(23-25(17,18)19)8(5)6-4-12(9)11(16)13(6)24-26(20,21)22;;/h2*1-3,6,9H,4H2,(H,14,15)(H,17,18,19)(H,20,21,22);;/q;;2*+1/p-2/t2*6-,9+;;/m00../s1. The van der Waals surface area contributed by atoms with Crippen molar-refractivity contribution in [2.45, 2.75) is 24.2 Å². The predicted octanol–water partition coefficient (Wildman–Crippen LogP) is -9.62. The minimum Gasteiger partial charge on any atom is -0.548 e. The van der Waals surface area contributed by atoms with Gasteiger partial charge in [0, 0.05) is 11.1 Å².